The highest BCUT2D eigenvalue weighted by Crippen LogP contribution is 2.31. The van der Waals surface area contributed by atoms with E-state index in [4.69, 9.17) is 15.6 Å². The average molecular weight is 274 g/mol. The number of carboxylic acids is 1. The molecule has 0 saturated carbocycles. The van der Waals surface area contributed by atoms with Gasteiger partial charge in [0.2, 0.25) is 0 Å². The first-order chi connectivity index (χ1) is 7.07. The van der Waals surface area contributed by atoms with Gasteiger partial charge in [0.1, 0.15) is 11.8 Å². The maximum Gasteiger partial charge on any atom is 0.325 e. The highest BCUT2D eigenvalue weighted by atomic mass is 79.9. The van der Waals surface area contributed by atoms with Gasteiger partial charge in [0.05, 0.1) is 6.61 Å². The van der Waals surface area contributed by atoms with Crippen LogP contribution >= 0.6 is 15.9 Å². The molecule has 1 rings (SSSR count). The Kier molecular flexibility index (Phi) is 4.11. The van der Waals surface area contributed by atoms with Crippen molar-refractivity contribution in [3.05, 3.63) is 28.2 Å². The fourth-order valence-corrected chi connectivity index (χ4v) is 1.82. The van der Waals surface area contributed by atoms with Crippen LogP contribution in [0.3, 0.4) is 0 Å². The number of nitrogens with two attached hydrogens (primary N) is 1. The van der Waals surface area contributed by atoms with Gasteiger partial charge in [0.15, 0.2) is 0 Å². The fraction of sp³-hybridized carbons (Fsp3) is 0.300. The molecule has 0 heterocycles. The number of aliphatic carboxylic acids is 1. The zero-order valence-corrected chi connectivity index (χ0v) is 9.82. The molecule has 1 aromatic rings. The van der Waals surface area contributed by atoms with E-state index in [9.17, 15) is 4.79 Å². The third-order valence-electron chi connectivity index (χ3n) is 1.89. The van der Waals surface area contributed by atoms with Crippen molar-refractivity contribution in [2.45, 2.75) is 13.0 Å². The minimum atomic E-state index is -1.08. The molecular weight excluding hydrogens is 262 g/mol. The zero-order valence-electron chi connectivity index (χ0n) is 8.24. The Hall–Kier alpha value is -1.07. The van der Waals surface area contributed by atoms with E-state index in [0.29, 0.717) is 22.4 Å². The largest absolute Gasteiger partial charge is 0.493 e. The van der Waals surface area contributed by atoms with Crippen LogP contribution < -0.4 is 10.5 Å². The summed E-state index contributed by atoms with van der Waals surface area (Å²) < 4.78 is 5.96. The maximum atomic E-state index is 10.8. The Labute approximate surface area is 96.2 Å². The van der Waals surface area contributed by atoms with Crippen molar-refractivity contribution in [3.8, 4) is 5.75 Å². The number of hydrogen-bond donors (Lipinski definition) is 2. The second kappa shape index (κ2) is 5.14. The molecule has 5 heteroatoms. The number of carbonyl (C=O) groups is 1. The monoisotopic (exact) mass is 273 g/mol. The maximum absolute atomic E-state index is 10.8. The molecule has 0 radical (unpaired) electrons. The van der Waals surface area contributed by atoms with Gasteiger partial charge < -0.3 is 15.6 Å². The number of hydrogen-bond acceptors (Lipinski definition) is 3. The van der Waals surface area contributed by atoms with E-state index < -0.39 is 12.0 Å². The van der Waals surface area contributed by atoms with Gasteiger partial charge in [-0.25, -0.2) is 0 Å². The van der Waals surface area contributed by atoms with Gasteiger partial charge >= 0.3 is 5.97 Å². The van der Waals surface area contributed by atoms with E-state index in [2.05, 4.69) is 15.9 Å². The highest BCUT2D eigenvalue weighted by molar-refractivity contribution is 9.10. The molecule has 1 atom stereocenters. The van der Waals surface area contributed by atoms with Crippen LogP contribution in [-0.4, -0.2) is 17.7 Å². The van der Waals surface area contributed by atoms with Crippen molar-refractivity contribution < 1.29 is 14.6 Å². The Balaban J connectivity index is 3.17. The SMILES string of the molecule is CCOc1cccc(Br)c1C(N)C(=O)O. The number of rotatable bonds is 4. The van der Waals surface area contributed by atoms with E-state index in [-0.39, 0.29) is 0 Å². The lowest BCUT2D eigenvalue weighted by Crippen LogP contribution is -2.22. The summed E-state index contributed by atoms with van der Waals surface area (Å²) in [6.07, 6.45) is 0. The van der Waals surface area contributed by atoms with E-state index in [0.717, 1.165) is 0 Å². The molecule has 0 spiro atoms. The Morgan fingerprint density at radius 1 is 1.67 bits per heavy atom. The van der Waals surface area contributed by atoms with Crippen LogP contribution in [0.25, 0.3) is 0 Å². The molecule has 0 aliphatic carbocycles. The first-order valence-corrected chi connectivity index (χ1v) is 5.26. The van der Waals surface area contributed by atoms with E-state index >= 15 is 0 Å². The molecule has 0 aromatic heterocycles. The first-order valence-electron chi connectivity index (χ1n) is 4.47. The van der Waals surface area contributed by atoms with Crippen LogP contribution in [0.1, 0.15) is 18.5 Å². The lowest BCUT2D eigenvalue weighted by atomic mass is 10.1. The van der Waals surface area contributed by atoms with Crippen LogP contribution in [-0.2, 0) is 4.79 Å². The first kappa shape index (κ1) is 12.0. The summed E-state index contributed by atoms with van der Waals surface area (Å²) in [5, 5.41) is 8.85. The van der Waals surface area contributed by atoms with E-state index in [1.807, 2.05) is 6.92 Å². The summed E-state index contributed by atoms with van der Waals surface area (Å²) in [5.74, 6) is -0.579. The van der Waals surface area contributed by atoms with Crippen molar-refractivity contribution in [1.29, 1.82) is 0 Å². The molecule has 0 aliphatic heterocycles. The number of halogens is 1. The minimum absolute atomic E-state index is 0.465. The van der Waals surface area contributed by atoms with Gasteiger partial charge in [0.25, 0.3) is 0 Å². The Bertz CT molecular complexity index is 368. The molecule has 3 N–H and O–H groups in total. The lowest BCUT2D eigenvalue weighted by Gasteiger charge is -2.14. The number of benzene rings is 1. The predicted octanol–water partition coefficient (Wildman–Crippen LogP) is 1.93. The lowest BCUT2D eigenvalue weighted by molar-refractivity contribution is -0.138. The van der Waals surface area contributed by atoms with Gasteiger partial charge in [-0.1, -0.05) is 22.0 Å². The molecule has 1 aromatic carbocycles. The molecule has 15 heavy (non-hydrogen) atoms. The standard InChI is InChI=1S/C10H12BrNO3/c1-2-15-7-5-3-4-6(11)8(7)9(12)10(13)14/h3-5,9H,2,12H2,1H3,(H,13,14). The van der Waals surface area contributed by atoms with Crippen molar-refractivity contribution in [2.24, 2.45) is 5.73 Å². The topological polar surface area (TPSA) is 72.5 Å². The zero-order chi connectivity index (χ0) is 11.4. The molecule has 0 saturated heterocycles. The van der Waals surface area contributed by atoms with Crippen molar-refractivity contribution in [1.82, 2.24) is 0 Å². The summed E-state index contributed by atoms with van der Waals surface area (Å²) in [5.41, 5.74) is 6.02. The predicted molar refractivity (Wildman–Crippen MR) is 59.9 cm³/mol. The van der Waals surface area contributed by atoms with Crippen LogP contribution in [0.4, 0.5) is 0 Å². The molecule has 0 bridgehead atoms. The fourth-order valence-electron chi connectivity index (χ4n) is 1.22. The smallest absolute Gasteiger partial charge is 0.325 e. The normalized spacial score (nSPS) is 12.2. The van der Waals surface area contributed by atoms with Gasteiger partial charge in [-0.05, 0) is 19.1 Å². The molecule has 1 unspecified atom stereocenters. The van der Waals surface area contributed by atoms with Crippen LogP contribution in [0.15, 0.2) is 22.7 Å². The molecule has 0 amide bonds. The van der Waals surface area contributed by atoms with E-state index in [1.165, 1.54) is 0 Å². The van der Waals surface area contributed by atoms with Crippen molar-refractivity contribution >= 4 is 21.9 Å². The number of carboxylic acid groups (broad SMARTS) is 1. The van der Waals surface area contributed by atoms with Crippen molar-refractivity contribution in [3.63, 3.8) is 0 Å². The Morgan fingerprint density at radius 2 is 2.33 bits per heavy atom. The summed E-state index contributed by atoms with van der Waals surface area (Å²) in [6, 6.07) is 4.13. The highest BCUT2D eigenvalue weighted by Gasteiger charge is 2.21. The van der Waals surface area contributed by atoms with Crippen LogP contribution in [0, 0.1) is 0 Å². The quantitative estimate of drug-likeness (QED) is 0.880. The third kappa shape index (κ3) is 2.70. The number of ether oxygens (including phenoxy) is 1. The summed E-state index contributed by atoms with van der Waals surface area (Å²) in [6.45, 7) is 2.30. The van der Waals surface area contributed by atoms with Gasteiger partial charge in [0, 0.05) is 10.0 Å². The second-order valence-electron chi connectivity index (χ2n) is 2.90. The summed E-state index contributed by atoms with van der Waals surface area (Å²) in [7, 11) is 0. The molecule has 0 aliphatic rings. The molecule has 82 valence electrons. The Morgan fingerprint density at radius 3 is 2.87 bits per heavy atom. The average Bonchev–Trinajstić information content (AvgIpc) is 2.17. The molecule has 4 nitrogen and oxygen atoms in total. The minimum Gasteiger partial charge on any atom is -0.493 e. The summed E-state index contributed by atoms with van der Waals surface area (Å²) in [4.78, 5) is 10.8. The van der Waals surface area contributed by atoms with E-state index in [1.54, 1.807) is 18.2 Å². The molecular formula is C10H12BrNO3. The van der Waals surface area contributed by atoms with Gasteiger partial charge in [-0.2, -0.15) is 0 Å². The van der Waals surface area contributed by atoms with Crippen molar-refractivity contribution in [2.75, 3.05) is 6.61 Å². The van der Waals surface area contributed by atoms with Crippen LogP contribution in [0.5, 0.6) is 5.75 Å². The van der Waals surface area contributed by atoms with Crippen LogP contribution in [0.2, 0.25) is 0 Å². The summed E-state index contributed by atoms with van der Waals surface area (Å²) >= 11 is 3.26. The third-order valence-corrected chi connectivity index (χ3v) is 2.58. The van der Waals surface area contributed by atoms with Gasteiger partial charge in [-0.15, -0.1) is 0 Å². The second-order valence-corrected chi connectivity index (χ2v) is 3.75. The van der Waals surface area contributed by atoms with Gasteiger partial charge in [-0.3, -0.25) is 4.79 Å². The molecule has 0 fully saturated rings.